The number of fused-ring (bicyclic) bond motifs is 3. The molecule has 1 atom stereocenters. The number of carbonyl (C=O) groups excluding carboxylic acids is 3. The minimum atomic E-state index is -0.872. The Hall–Kier alpha value is -4.78. The van der Waals surface area contributed by atoms with E-state index in [0.717, 1.165) is 21.8 Å². The summed E-state index contributed by atoms with van der Waals surface area (Å²) in [6.07, 6.45) is 4.21. The van der Waals surface area contributed by atoms with E-state index in [0.29, 0.717) is 63.4 Å². The molecule has 1 aliphatic heterocycles. The van der Waals surface area contributed by atoms with Crippen LogP contribution < -0.4 is 20.1 Å². The van der Waals surface area contributed by atoms with Gasteiger partial charge in [0.1, 0.15) is 6.04 Å². The lowest BCUT2D eigenvalue weighted by atomic mass is 10.0. The second kappa shape index (κ2) is 16.0. The number of amides is 3. The predicted molar refractivity (Wildman–Crippen MR) is 173 cm³/mol. The summed E-state index contributed by atoms with van der Waals surface area (Å²) >= 11 is 1.55. The Morgan fingerprint density at radius 1 is 1.11 bits per heavy atom. The molecule has 0 radical (unpaired) electrons. The molecule has 0 spiro atoms. The first-order valence-corrected chi connectivity index (χ1v) is 16.3. The van der Waals surface area contributed by atoms with Crippen LogP contribution in [-0.2, 0) is 35.4 Å². The molecule has 0 aliphatic carbocycles. The fourth-order valence-corrected chi connectivity index (χ4v) is 6.04. The number of aromatic nitrogens is 4. The van der Waals surface area contributed by atoms with Gasteiger partial charge in [-0.25, -0.2) is 4.98 Å². The number of carbonyl (C=O) groups is 3. The van der Waals surface area contributed by atoms with E-state index in [9.17, 15) is 14.4 Å². The minimum absolute atomic E-state index is 0.0165. The fourth-order valence-electron chi connectivity index (χ4n) is 5.26. The highest BCUT2D eigenvalue weighted by atomic mass is 32.1. The largest absolute Gasteiger partial charge is 0.493 e. The lowest BCUT2D eigenvalue weighted by Gasteiger charge is -2.24. The van der Waals surface area contributed by atoms with Crippen LogP contribution in [0.15, 0.2) is 60.2 Å². The molecule has 2 aromatic carbocycles. The smallest absolute Gasteiger partial charge is 0.255 e. The van der Waals surface area contributed by atoms with E-state index in [1.54, 1.807) is 44.6 Å². The van der Waals surface area contributed by atoms with Gasteiger partial charge in [0.05, 0.1) is 36.2 Å². The van der Waals surface area contributed by atoms with Crippen molar-refractivity contribution in [1.82, 2.24) is 35.5 Å². The van der Waals surface area contributed by atoms with Crippen molar-refractivity contribution >= 4 is 29.1 Å². The van der Waals surface area contributed by atoms with E-state index in [-0.39, 0.29) is 30.3 Å². The molecule has 2 N–H and O–H groups in total. The molecule has 12 nitrogen and oxygen atoms in total. The summed E-state index contributed by atoms with van der Waals surface area (Å²) in [6.45, 7) is 3.74. The van der Waals surface area contributed by atoms with Crippen molar-refractivity contribution in [3.8, 4) is 11.5 Å². The second-order valence-corrected chi connectivity index (χ2v) is 11.9. The van der Waals surface area contributed by atoms with E-state index in [1.165, 1.54) is 7.11 Å². The zero-order chi connectivity index (χ0) is 32.3. The van der Waals surface area contributed by atoms with E-state index in [4.69, 9.17) is 9.47 Å². The molecule has 242 valence electrons. The number of nitrogens with zero attached hydrogens (tertiary/aromatic N) is 5. The van der Waals surface area contributed by atoms with Gasteiger partial charge in [-0.3, -0.25) is 19.1 Å². The van der Waals surface area contributed by atoms with Crippen molar-refractivity contribution in [3.63, 3.8) is 0 Å². The van der Waals surface area contributed by atoms with Crippen LogP contribution in [0, 0.1) is 6.92 Å². The first-order chi connectivity index (χ1) is 22.4. The van der Waals surface area contributed by atoms with Gasteiger partial charge in [-0.2, -0.15) is 0 Å². The molecular formula is C33H39N7O5S. The zero-order valence-corrected chi connectivity index (χ0v) is 26.9. The fraction of sp³-hybridized carbons (Fsp3) is 0.394. The van der Waals surface area contributed by atoms with Crippen LogP contribution in [0.5, 0.6) is 11.5 Å². The molecule has 4 aromatic rings. The molecule has 2 aromatic heterocycles. The Morgan fingerprint density at radius 2 is 1.96 bits per heavy atom. The molecule has 0 unspecified atom stereocenters. The lowest BCUT2D eigenvalue weighted by Crippen LogP contribution is -2.50. The SMILES string of the molecule is COc1cccc2c1OCCCn1cc(nn1)CCN(C(=O)CCc1scnc1C)CCNC(=O)[C@H](Cc1ccccc1)NC2=O. The van der Waals surface area contributed by atoms with E-state index < -0.39 is 11.9 Å². The van der Waals surface area contributed by atoms with Crippen LogP contribution in [0.4, 0.5) is 0 Å². The van der Waals surface area contributed by atoms with Crippen molar-refractivity contribution in [2.24, 2.45) is 0 Å². The summed E-state index contributed by atoms with van der Waals surface area (Å²) in [5.41, 5.74) is 4.66. The van der Waals surface area contributed by atoms with E-state index in [2.05, 4.69) is 25.9 Å². The quantitative estimate of drug-likeness (QED) is 0.326. The van der Waals surface area contributed by atoms with Crippen molar-refractivity contribution in [2.45, 2.75) is 51.6 Å². The third-order valence-electron chi connectivity index (χ3n) is 7.79. The van der Waals surface area contributed by atoms with Crippen LogP contribution in [0.3, 0.4) is 0 Å². The first kappa shape index (κ1) is 32.6. The molecule has 0 saturated heterocycles. The standard InChI is InChI=1S/C33H39N7O5S/c1-23-29(46-22-35-23)12-13-30(41)39-17-14-25-21-40(38-37-25)16-7-19-45-31-26(10-6-11-28(31)44-2)32(42)36-27(33(43)34-15-18-39)20-24-8-4-3-5-9-24/h3-6,8-11,21-22,27H,7,12-20H2,1-2H3,(H,34,43)(H,36,42)/t27-/m0/s1. The normalized spacial score (nSPS) is 16.6. The van der Waals surface area contributed by atoms with Gasteiger partial charge in [0, 0.05) is 62.9 Å². The molecule has 3 heterocycles. The van der Waals surface area contributed by atoms with Gasteiger partial charge in [0.2, 0.25) is 11.8 Å². The molecule has 2 bridgehead atoms. The Morgan fingerprint density at radius 3 is 2.74 bits per heavy atom. The van der Waals surface area contributed by atoms with Crippen LogP contribution in [0.25, 0.3) is 0 Å². The van der Waals surface area contributed by atoms with Gasteiger partial charge in [-0.1, -0.05) is 41.6 Å². The van der Waals surface area contributed by atoms with E-state index in [1.807, 2.05) is 43.5 Å². The second-order valence-electron chi connectivity index (χ2n) is 11.0. The van der Waals surface area contributed by atoms with Gasteiger partial charge in [-0.15, -0.1) is 16.4 Å². The van der Waals surface area contributed by atoms with Crippen LogP contribution in [0.2, 0.25) is 0 Å². The molecule has 3 amide bonds. The van der Waals surface area contributed by atoms with Gasteiger partial charge in [-0.05, 0) is 31.0 Å². The van der Waals surface area contributed by atoms with Crippen molar-refractivity contribution in [1.29, 1.82) is 0 Å². The highest BCUT2D eigenvalue weighted by Crippen LogP contribution is 2.31. The Labute approximate surface area is 272 Å². The number of nitrogens with one attached hydrogen (secondary N) is 2. The summed E-state index contributed by atoms with van der Waals surface area (Å²) in [5, 5.41) is 14.4. The Kier molecular flexibility index (Phi) is 11.3. The number of rotatable bonds is 6. The molecule has 13 heteroatoms. The maximum absolute atomic E-state index is 13.7. The number of thiazole rings is 1. The Balaban J connectivity index is 1.37. The van der Waals surface area contributed by atoms with Crippen LogP contribution in [-0.4, -0.2) is 82.0 Å². The number of hydrogen-bond donors (Lipinski definition) is 2. The zero-order valence-electron chi connectivity index (χ0n) is 26.1. The average molecular weight is 646 g/mol. The van der Waals surface area contributed by atoms with Crippen molar-refractivity contribution < 1.29 is 23.9 Å². The lowest BCUT2D eigenvalue weighted by molar-refractivity contribution is -0.131. The highest BCUT2D eigenvalue weighted by molar-refractivity contribution is 7.09. The molecular weight excluding hydrogens is 606 g/mol. The number of ether oxygens (including phenoxy) is 2. The average Bonchev–Trinajstić information content (AvgIpc) is 3.71. The summed E-state index contributed by atoms with van der Waals surface area (Å²) in [4.78, 5) is 47.8. The summed E-state index contributed by atoms with van der Waals surface area (Å²) in [7, 11) is 1.52. The van der Waals surface area contributed by atoms with Crippen molar-refractivity contribution in [3.05, 3.63) is 87.6 Å². The third kappa shape index (κ3) is 8.68. The Bertz CT molecular complexity index is 1620. The summed E-state index contributed by atoms with van der Waals surface area (Å²) in [5.74, 6) is -0.102. The van der Waals surface area contributed by atoms with Crippen molar-refractivity contribution in [2.75, 3.05) is 33.4 Å². The molecule has 0 fully saturated rings. The van der Waals surface area contributed by atoms with Gasteiger partial charge < -0.3 is 25.0 Å². The highest BCUT2D eigenvalue weighted by Gasteiger charge is 2.25. The van der Waals surface area contributed by atoms with Gasteiger partial charge in [0.15, 0.2) is 11.5 Å². The maximum Gasteiger partial charge on any atom is 0.255 e. The van der Waals surface area contributed by atoms with Crippen LogP contribution in [0.1, 0.15) is 45.0 Å². The predicted octanol–water partition coefficient (Wildman–Crippen LogP) is 3.00. The van der Waals surface area contributed by atoms with E-state index >= 15 is 0 Å². The number of benzene rings is 2. The molecule has 1 aliphatic rings. The number of aryl methyl sites for hydroxylation is 3. The van der Waals surface area contributed by atoms with Gasteiger partial charge >= 0.3 is 0 Å². The first-order valence-electron chi connectivity index (χ1n) is 15.4. The third-order valence-corrected chi connectivity index (χ3v) is 8.79. The van der Waals surface area contributed by atoms with Crippen LogP contribution >= 0.6 is 11.3 Å². The summed E-state index contributed by atoms with van der Waals surface area (Å²) < 4.78 is 13.3. The summed E-state index contributed by atoms with van der Waals surface area (Å²) in [6, 6.07) is 13.7. The number of methoxy groups -OCH3 is 1. The number of hydrogen-bond acceptors (Lipinski definition) is 9. The number of para-hydroxylation sites is 1. The maximum atomic E-state index is 13.7. The minimum Gasteiger partial charge on any atom is -0.493 e. The molecule has 0 saturated carbocycles. The molecule has 46 heavy (non-hydrogen) atoms. The monoisotopic (exact) mass is 645 g/mol. The molecule has 5 rings (SSSR count). The van der Waals surface area contributed by atoms with Gasteiger partial charge in [0.25, 0.3) is 5.91 Å². The topological polar surface area (TPSA) is 141 Å².